The van der Waals surface area contributed by atoms with Crippen LogP contribution in [-0.2, 0) is 34.0 Å². The molecule has 2 heterocycles. The Morgan fingerprint density at radius 1 is 1.19 bits per heavy atom. The first-order chi connectivity index (χ1) is 17.6. The molecule has 2 aliphatic heterocycles. The molecule has 7 nitrogen and oxygen atoms in total. The molecule has 200 valence electrons. The fourth-order valence-corrected chi connectivity index (χ4v) is 9.32. The van der Waals surface area contributed by atoms with E-state index < -0.39 is 33.2 Å². The lowest BCUT2D eigenvalue weighted by molar-refractivity contribution is -0.185. The van der Waals surface area contributed by atoms with Crippen LogP contribution in [0.4, 0.5) is 0 Å². The maximum absolute atomic E-state index is 13.6. The Bertz CT molecular complexity index is 1330. The Kier molecular flexibility index (Phi) is 5.91. The second-order valence-electron chi connectivity index (χ2n) is 11.9. The van der Waals surface area contributed by atoms with Crippen molar-refractivity contribution in [1.82, 2.24) is 9.62 Å². The van der Waals surface area contributed by atoms with Gasteiger partial charge in [-0.25, -0.2) is 13.1 Å². The first-order valence-corrected chi connectivity index (χ1v) is 15.1. The van der Waals surface area contributed by atoms with E-state index in [1.54, 1.807) is 7.11 Å². The maximum atomic E-state index is 13.6. The van der Waals surface area contributed by atoms with Crippen molar-refractivity contribution in [2.45, 2.75) is 80.9 Å². The van der Waals surface area contributed by atoms with E-state index in [2.05, 4.69) is 36.6 Å². The van der Waals surface area contributed by atoms with Gasteiger partial charge >= 0.3 is 0 Å². The number of likely N-dealkylation sites (N-methyl/N-ethyl adjacent to an activating group) is 1. The molecule has 8 heteroatoms. The summed E-state index contributed by atoms with van der Waals surface area (Å²) in [6.07, 6.45) is 2.85. The first-order valence-electron chi connectivity index (χ1n) is 13.5. The minimum absolute atomic E-state index is 0.0281. The Morgan fingerprint density at radius 2 is 1.95 bits per heavy atom. The summed E-state index contributed by atoms with van der Waals surface area (Å²) in [7, 11) is 0.0518. The number of nitrogens with one attached hydrogen (secondary N) is 1. The van der Waals surface area contributed by atoms with Gasteiger partial charge in [-0.05, 0) is 74.4 Å². The topological polar surface area (TPSA) is 88.1 Å². The first kappa shape index (κ1) is 25.2. The molecule has 0 amide bonds. The summed E-state index contributed by atoms with van der Waals surface area (Å²) in [6.45, 7) is 5.11. The molecule has 2 fully saturated rings. The number of aliphatic hydroxyl groups is 1. The second kappa shape index (κ2) is 8.70. The lowest BCUT2D eigenvalue weighted by Crippen LogP contribution is -2.77. The van der Waals surface area contributed by atoms with Gasteiger partial charge in [-0.3, -0.25) is 0 Å². The van der Waals surface area contributed by atoms with Gasteiger partial charge in [0.1, 0.15) is 6.10 Å². The molecule has 2 N–H and O–H groups in total. The molecule has 5 atom stereocenters. The summed E-state index contributed by atoms with van der Waals surface area (Å²) >= 11 is 0. The SMILES string of the molecule is COc1ccc2c3c1O[C@H]1[C@@H](NS(=O)(=O)Cc4ccccc4CC(C)C)CC[C@@]4(O)[C@@H](C2)N(C)CC[C@]314. The number of hydrogen-bond acceptors (Lipinski definition) is 6. The molecule has 37 heavy (non-hydrogen) atoms. The standard InChI is InChI=1S/C29H38N2O5S/c1-18(2)15-19-7-5-6-8-21(19)17-37(33,34)30-22-11-12-29(32)24-16-20-9-10-23(35-4)26-25(20)28(29,27(22)36-26)13-14-31(24)3/h5-10,18,22,24,27,30,32H,11-17H2,1-4H3/t22-,24+,27-,28-,29+/m0/s1. The Morgan fingerprint density at radius 3 is 2.68 bits per heavy atom. The van der Waals surface area contributed by atoms with Crippen molar-refractivity contribution >= 4 is 10.0 Å². The van der Waals surface area contributed by atoms with Crippen LogP contribution < -0.4 is 14.2 Å². The Labute approximate surface area is 220 Å². The smallest absolute Gasteiger partial charge is 0.216 e. The van der Waals surface area contributed by atoms with Gasteiger partial charge in [0, 0.05) is 11.6 Å². The number of piperidine rings is 1. The number of sulfonamides is 1. The summed E-state index contributed by atoms with van der Waals surface area (Å²) in [5.74, 6) is 1.69. The van der Waals surface area contributed by atoms with Crippen LogP contribution in [0.5, 0.6) is 11.5 Å². The van der Waals surface area contributed by atoms with Crippen molar-refractivity contribution in [3.63, 3.8) is 0 Å². The maximum Gasteiger partial charge on any atom is 0.216 e. The number of ether oxygens (including phenoxy) is 2. The van der Waals surface area contributed by atoms with Crippen molar-refractivity contribution in [3.05, 3.63) is 58.7 Å². The molecule has 6 rings (SSSR count). The van der Waals surface area contributed by atoms with Crippen LogP contribution >= 0.6 is 0 Å². The van der Waals surface area contributed by atoms with E-state index in [0.717, 1.165) is 36.1 Å². The zero-order valence-electron chi connectivity index (χ0n) is 22.2. The Hall–Kier alpha value is -2.13. The highest BCUT2D eigenvalue weighted by atomic mass is 32.2. The van der Waals surface area contributed by atoms with E-state index in [1.807, 2.05) is 30.3 Å². The van der Waals surface area contributed by atoms with Crippen molar-refractivity contribution in [1.29, 1.82) is 0 Å². The summed E-state index contributed by atoms with van der Waals surface area (Å²) < 4.78 is 42.6. The zero-order valence-corrected chi connectivity index (χ0v) is 23.0. The van der Waals surface area contributed by atoms with E-state index >= 15 is 0 Å². The number of hydrogen-bond donors (Lipinski definition) is 2. The molecule has 2 bridgehead atoms. The molecular weight excluding hydrogens is 488 g/mol. The fraction of sp³-hybridized carbons (Fsp3) is 0.586. The summed E-state index contributed by atoms with van der Waals surface area (Å²) in [4.78, 5) is 2.27. The highest BCUT2D eigenvalue weighted by molar-refractivity contribution is 7.88. The number of likely N-dealkylation sites (tertiary alicyclic amines) is 1. The van der Waals surface area contributed by atoms with Gasteiger partial charge in [-0.2, -0.15) is 0 Å². The van der Waals surface area contributed by atoms with Gasteiger partial charge < -0.3 is 19.5 Å². The van der Waals surface area contributed by atoms with Crippen molar-refractivity contribution in [2.24, 2.45) is 5.92 Å². The minimum atomic E-state index is -3.66. The molecule has 2 aliphatic carbocycles. The molecule has 0 unspecified atom stereocenters. The van der Waals surface area contributed by atoms with E-state index in [0.29, 0.717) is 36.7 Å². The molecule has 2 aromatic carbocycles. The lowest BCUT2D eigenvalue weighted by atomic mass is 9.48. The number of methoxy groups -OCH3 is 1. The van der Waals surface area contributed by atoms with Crippen molar-refractivity contribution in [3.8, 4) is 11.5 Å². The molecule has 4 aliphatic rings. The van der Waals surface area contributed by atoms with Gasteiger partial charge in [0.2, 0.25) is 10.0 Å². The van der Waals surface area contributed by atoms with E-state index in [4.69, 9.17) is 9.47 Å². The monoisotopic (exact) mass is 526 g/mol. The van der Waals surface area contributed by atoms with Crippen molar-refractivity contribution in [2.75, 3.05) is 20.7 Å². The summed E-state index contributed by atoms with van der Waals surface area (Å²) in [6, 6.07) is 11.4. The van der Waals surface area contributed by atoms with E-state index in [9.17, 15) is 13.5 Å². The summed E-state index contributed by atoms with van der Waals surface area (Å²) in [5, 5.41) is 12.4. The molecule has 1 saturated carbocycles. The fourth-order valence-electron chi connectivity index (χ4n) is 7.84. The molecule has 1 saturated heterocycles. The minimum Gasteiger partial charge on any atom is -0.493 e. The van der Waals surface area contributed by atoms with Crippen LogP contribution in [0.1, 0.15) is 55.4 Å². The van der Waals surface area contributed by atoms with Gasteiger partial charge in [-0.1, -0.05) is 44.2 Å². The van der Waals surface area contributed by atoms with Crippen LogP contribution in [0.25, 0.3) is 0 Å². The third-order valence-electron chi connectivity index (χ3n) is 9.36. The molecular formula is C29H38N2O5S. The van der Waals surface area contributed by atoms with Crippen molar-refractivity contribution < 1.29 is 23.0 Å². The van der Waals surface area contributed by atoms with Crippen LogP contribution in [0.3, 0.4) is 0 Å². The average molecular weight is 527 g/mol. The quantitative estimate of drug-likeness (QED) is 0.576. The van der Waals surface area contributed by atoms with Gasteiger partial charge in [-0.15, -0.1) is 0 Å². The van der Waals surface area contributed by atoms with Crippen LogP contribution in [0.15, 0.2) is 36.4 Å². The highest BCUT2D eigenvalue weighted by Crippen LogP contribution is 2.65. The molecule has 0 radical (unpaired) electrons. The third kappa shape index (κ3) is 3.67. The summed E-state index contributed by atoms with van der Waals surface area (Å²) in [5.41, 5.74) is 2.47. The predicted octanol–water partition coefficient (Wildman–Crippen LogP) is 3.17. The normalized spacial score (nSPS) is 32.2. The largest absolute Gasteiger partial charge is 0.493 e. The number of rotatable bonds is 7. The lowest BCUT2D eigenvalue weighted by Gasteiger charge is -2.63. The molecule has 2 aromatic rings. The predicted molar refractivity (Wildman–Crippen MR) is 143 cm³/mol. The highest BCUT2D eigenvalue weighted by Gasteiger charge is 2.72. The average Bonchev–Trinajstić information content (AvgIpc) is 3.20. The third-order valence-corrected chi connectivity index (χ3v) is 10.7. The second-order valence-corrected chi connectivity index (χ2v) is 13.7. The van der Waals surface area contributed by atoms with Crippen LogP contribution in [0.2, 0.25) is 0 Å². The van der Waals surface area contributed by atoms with E-state index in [-0.39, 0.29) is 11.8 Å². The van der Waals surface area contributed by atoms with Gasteiger partial charge in [0.15, 0.2) is 11.5 Å². The molecule has 0 aromatic heterocycles. The number of benzene rings is 2. The number of nitrogens with zero attached hydrogens (tertiary/aromatic N) is 1. The van der Waals surface area contributed by atoms with Crippen LogP contribution in [0, 0.1) is 5.92 Å². The zero-order chi connectivity index (χ0) is 26.2. The van der Waals surface area contributed by atoms with Crippen LogP contribution in [-0.4, -0.2) is 62.9 Å². The Balaban J connectivity index is 1.37. The van der Waals surface area contributed by atoms with Gasteiger partial charge in [0.25, 0.3) is 0 Å². The molecule has 1 spiro atoms. The van der Waals surface area contributed by atoms with E-state index in [1.165, 1.54) is 5.56 Å². The van der Waals surface area contributed by atoms with Gasteiger partial charge in [0.05, 0.1) is 29.9 Å².